The van der Waals surface area contributed by atoms with E-state index in [1.807, 2.05) is 24.0 Å². The van der Waals surface area contributed by atoms with Crippen LogP contribution in [0.15, 0.2) is 24.5 Å². The monoisotopic (exact) mass is 359 g/mol. The Morgan fingerprint density at radius 3 is 2.62 bits per heavy atom. The zero-order valence-corrected chi connectivity index (χ0v) is 15.6. The fourth-order valence-electron chi connectivity index (χ4n) is 4.11. The Balaban J connectivity index is 1.56. The van der Waals surface area contributed by atoms with E-state index in [1.165, 1.54) is 5.56 Å². The van der Waals surface area contributed by atoms with Crippen LogP contribution in [0.5, 0.6) is 0 Å². The van der Waals surface area contributed by atoms with Crippen LogP contribution in [0.1, 0.15) is 44.6 Å². The minimum absolute atomic E-state index is 0.125. The molecule has 6 nitrogen and oxygen atoms in total. The van der Waals surface area contributed by atoms with Crippen molar-refractivity contribution in [3.05, 3.63) is 30.1 Å². The number of piperidine rings is 2. The summed E-state index contributed by atoms with van der Waals surface area (Å²) in [7, 11) is 0. The number of pyridine rings is 1. The lowest BCUT2D eigenvalue weighted by Gasteiger charge is -2.47. The van der Waals surface area contributed by atoms with Gasteiger partial charge in [0.25, 0.3) is 5.91 Å². The highest BCUT2D eigenvalue weighted by molar-refractivity contribution is 5.80. The molecule has 2 amide bonds. The minimum Gasteiger partial charge on any atom is -0.383 e. The molecule has 2 saturated heterocycles. The highest BCUT2D eigenvalue weighted by atomic mass is 16.3. The third-order valence-electron chi connectivity index (χ3n) is 5.98. The molecule has 1 aromatic rings. The van der Waals surface area contributed by atoms with Crippen molar-refractivity contribution in [1.82, 2.24) is 14.8 Å². The third-order valence-corrected chi connectivity index (χ3v) is 5.98. The summed E-state index contributed by atoms with van der Waals surface area (Å²) in [4.78, 5) is 32.4. The summed E-state index contributed by atoms with van der Waals surface area (Å²) >= 11 is 0. The number of carbonyl (C=O) groups excluding carboxylic acids is 2. The van der Waals surface area contributed by atoms with Crippen LogP contribution in [0.25, 0.3) is 0 Å². The number of nitrogens with zero attached hydrogens (tertiary/aromatic N) is 3. The zero-order valence-electron chi connectivity index (χ0n) is 15.6. The highest BCUT2D eigenvalue weighted by Gasteiger charge is 2.41. The predicted octanol–water partition coefficient (Wildman–Crippen LogP) is 1.63. The van der Waals surface area contributed by atoms with Gasteiger partial charge in [0, 0.05) is 45.0 Å². The second kappa shape index (κ2) is 8.16. The molecule has 2 aliphatic rings. The number of likely N-dealkylation sites (tertiary alicyclic amines) is 2. The summed E-state index contributed by atoms with van der Waals surface area (Å²) in [6.45, 7) is 4.71. The number of rotatable bonds is 5. The Bertz CT molecular complexity index is 626. The van der Waals surface area contributed by atoms with E-state index in [9.17, 15) is 14.7 Å². The quantitative estimate of drug-likeness (QED) is 0.867. The van der Waals surface area contributed by atoms with E-state index in [0.717, 1.165) is 38.8 Å². The first-order valence-corrected chi connectivity index (χ1v) is 9.66. The lowest BCUT2D eigenvalue weighted by Crippen LogP contribution is -2.53. The van der Waals surface area contributed by atoms with Gasteiger partial charge in [-0.05, 0) is 55.2 Å². The van der Waals surface area contributed by atoms with Gasteiger partial charge in [-0.2, -0.15) is 0 Å². The van der Waals surface area contributed by atoms with E-state index < -0.39 is 6.10 Å². The lowest BCUT2D eigenvalue weighted by atomic mass is 9.72. The molecule has 26 heavy (non-hydrogen) atoms. The third kappa shape index (κ3) is 4.23. The van der Waals surface area contributed by atoms with E-state index in [0.29, 0.717) is 25.9 Å². The summed E-state index contributed by atoms with van der Waals surface area (Å²) in [6.07, 6.45) is 7.32. The first kappa shape index (κ1) is 18.8. The van der Waals surface area contributed by atoms with Gasteiger partial charge in [-0.1, -0.05) is 6.92 Å². The van der Waals surface area contributed by atoms with Crippen molar-refractivity contribution in [3.63, 3.8) is 0 Å². The average molecular weight is 359 g/mol. The number of hydrogen-bond donors (Lipinski definition) is 1. The second-order valence-electron chi connectivity index (χ2n) is 7.67. The molecule has 0 unspecified atom stereocenters. The number of aliphatic hydroxyl groups is 1. The van der Waals surface area contributed by atoms with Crippen molar-refractivity contribution >= 4 is 11.8 Å². The van der Waals surface area contributed by atoms with Gasteiger partial charge in [-0.25, -0.2) is 0 Å². The van der Waals surface area contributed by atoms with Crippen LogP contribution >= 0.6 is 0 Å². The first-order chi connectivity index (χ1) is 12.5. The molecule has 0 saturated carbocycles. The van der Waals surface area contributed by atoms with Crippen LogP contribution < -0.4 is 0 Å². The topological polar surface area (TPSA) is 73.7 Å². The Hall–Kier alpha value is -1.95. The standard InChI is InChI=1S/C20H29N3O3/c1-2-17(24)19(26)22-13-8-20(9-14-22)7-3-18(25)23(15-20)12-6-16-4-10-21-11-5-16/h4-5,10-11,17,24H,2-3,6-9,12-15H2,1H3/t17-/m0/s1. The molecule has 3 heterocycles. The van der Waals surface area contributed by atoms with Crippen molar-refractivity contribution in [2.45, 2.75) is 51.6 Å². The Morgan fingerprint density at radius 2 is 1.96 bits per heavy atom. The largest absolute Gasteiger partial charge is 0.383 e. The van der Waals surface area contributed by atoms with Crippen molar-refractivity contribution in [1.29, 1.82) is 0 Å². The number of amides is 2. The van der Waals surface area contributed by atoms with Crippen LogP contribution in [-0.4, -0.2) is 64.0 Å². The van der Waals surface area contributed by atoms with E-state index in [-0.39, 0.29) is 17.2 Å². The molecule has 0 radical (unpaired) electrons. The van der Waals surface area contributed by atoms with Gasteiger partial charge in [0.2, 0.25) is 5.91 Å². The van der Waals surface area contributed by atoms with E-state index in [2.05, 4.69) is 4.98 Å². The van der Waals surface area contributed by atoms with Crippen LogP contribution in [0.3, 0.4) is 0 Å². The fraction of sp³-hybridized carbons (Fsp3) is 0.650. The molecule has 1 spiro atoms. The minimum atomic E-state index is -0.881. The number of carbonyl (C=O) groups is 2. The van der Waals surface area contributed by atoms with Crippen LogP contribution in [0.2, 0.25) is 0 Å². The molecule has 0 aromatic carbocycles. The van der Waals surface area contributed by atoms with Gasteiger partial charge >= 0.3 is 0 Å². The summed E-state index contributed by atoms with van der Waals surface area (Å²) in [5.74, 6) is 0.0911. The average Bonchev–Trinajstić information content (AvgIpc) is 2.69. The summed E-state index contributed by atoms with van der Waals surface area (Å²) < 4.78 is 0. The van der Waals surface area contributed by atoms with Gasteiger partial charge in [-0.3, -0.25) is 14.6 Å². The smallest absolute Gasteiger partial charge is 0.251 e. The maximum absolute atomic E-state index is 12.4. The van der Waals surface area contributed by atoms with Crippen molar-refractivity contribution in [2.75, 3.05) is 26.2 Å². The molecule has 1 N–H and O–H groups in total. The molecule has 0 bridgehead atoms. The zero-order chi connectivity index (χ0) is 18.6. The molecule has 0 aliphatic carbocycles. The van der Waals surface area contributed by atoms with Gasteiger partial charge in [-0.15, -0.1) is 0 Å². The van der Waals surface area contributed by atoms with Crippen LogP contribution in [-0.2, 0) is 16.0 Å². The van der Waals surface area contributed by atoms with E-state index >= 15 is 0 Å². The normalized spacial score (nSPS) is 21.1. The molecule has 2 fully saturated rings. The highest BCUT2D eigenvalue weighted by Crippen LogP contribution is 2.40. The lowest BCUT2D eigenvalue weighted by molar-refractivity contribution is -0.146. The molecule has 6 heteroatoms. The van der Waals surface area contributed by atoms with Crippen molar-refractivity contribution in [2.24, 2.45) is 5.41 Å². The molecule has 142 valence electrons. The number of hydrogen-bond acceptors (Lipinski definition) is 4. The van der Waals surface area contributed by atoms with Crippen LogP contribution in [0, 0.1) is 5.41 Å². The first-order valence-electron chi connectivity index (χ1n) is 9.66. The van der Waals surface area contributed by atoms with Crippen LogP contribution in [0.4, 0.5) is 0 Å². The Morgan fingerprint density at radius 1 is 1.27 bits per heavy atom. The molecule has 2 aliphatic heterocycles. The fourth-order valence-corrected chi connectivity index (χ4v) is 4.11. The van der Waals surface area contributed by atoms with E-state index in [4.69, 9.17) is 0 Å². The van der Waals surface area contributed by atoms with Gasteiger partial charge in [0.05, 0.1) is 0 Å². The maximum atomic E-state index is 12.4. The molecule has 1 aromatic heterocycles. The summed E-state index contributed by atoms with van der Waals surface area (Å²) in [5.41, 5.74) is 1.32. The molecular formula is C20H29N3O3. The Kier molecular flexibility index (Phi) is 5.91. The van der Waals surface area contributed by atoms with Crippen molar-refractivity contribution in [3.8, 4) is 0 Å². The summed E-state index contributed by atoms with van der Waals surface area (Å²) in [6, 6.07) is 3.99. The van der Waals surface area contributed by atoms with E-state index in [1.54, 1.807) is 17.3 Å². The van der Waals surface area contributed by atoms with Crippen molar-refractivity contribution < 1.29 is 14.7 Å². The Labute approximate surface area is 155 Å². The maximum Gasteiger partial charge on any atom is 0.251 e. The number of aliphatic hydroxyl groups excluding tert-OH is 1. The molecule has 3 rings (SSSR count). The SMILES string of the molecule is CC[C@H](O)C(=O)N1CCC2(CCC(=O)N(CCc3ccncc3)C2)CC1. The predicted molar refractivity (Wildman–Crippen MR) is 98.3 cm³/mol. The van der Waals surface area contributed by atoms with Gasteiger partial charge in [0.15, 0.2) is 0 Å². The molecular weight excluding hydrogens is 330 g/mol. The molecule has 1 atom stereocenters. The van der Waals surface area contributed by atoms with Gasteiger partial charge in [0.1, 0.15) is 6.10 Å². The summed E-state index contributed by atoms with van der Waals surface area (Å²) in [5, 5.41) is 9.79. The number of aromatic nitrogens is 1. The second-order valence-corrected chi connectivity index (χ2v) is 7.67. The van der Waals surface area contributed by atoms with Gasteiger partial charge < -0.3 is 14.9 Å².